The summed E-state index contributed by atoms with van der Waals surface area (Å²) in [5.41, 5.74) is 2.08. The number of methoxy groups -OCH3 is 1. The monoisotopic (exact) mass is 492 g/mol. The van der Waals surface area contributed by atoms with E-state index in [1.807, 2.05) is 7.11 Å². The number of halogens is 1. The van der Waals surface area contributed by atoms with Crippen molar-refractivity contribution >= 4 is 0 Å². The molecule has 2 aliphatic carbocycles. The first kappa shape index (κ1) is 35.6. The molecule has 2 fully saturated rings. The minimum atomic E-state index is -0.464. The molecular formula is C27H57FN2O4. The number of allylic oxidation sites excluding steroid dienone is 1. The number of piperidine rings is 1. The Morgan fingerprint density at radius 2 is 1.76 bits per heavy atom. The molecular weight excluding hydrogens is 435 g/mol. The van der Waals surface area contributed by atoms with Crippen molar-refractivity contribution < 1.29 is 25.6 Å². The third kappa shape index (κ3) is 14.1. The van der Waals surface area contributed by atoms with Crippen LogP contribution in [-0.4, -0.2) is 73.4 Å². The maximum atomic E-state index is 12.2. The summed E-state index contributed by atoms with van der Waals surface area (Å²) < 4.78 is 17.5. The molecule has 0 aromatic rings. The summed E-state index contributed by atoms with van der Waals surface area (Å²) in [7, 11) is 1.82. The van der Waals surface area contributed by atoms with E-state index in [0.717, 1.165) is 44.8 Å². The minimum absolute atomic E-state index is 0. The molecule has 1 saturated carbocycles. The topological polar surface area (TPSA) is 119 Å². The Morgan fingerprint density at radius 3 is 2.29 bits per heavy atom. The molecule has 1 aliphatic heterocycles. The maximum Gasteiger partial charge on any atom is 0.100 e. The number of alkyl halides is 1. The lowest BCUT2D eigenvalue weighted by molar-refractivity contribution is 0.101. The molecule has 0 amide bonds. The van der Waals surface area contributed by atoms with Gasteiger partial charge in [-0.2, -0.15) is 0 Å². The van der Waals surface area contributed by atoms with Crippen LogP contribution in [0, 0.1) is 17.3 Å². The summed E-state index contributed by atoms with van der Waals surface area (Å²) in [6.45, 7) is 15.2. The minimum Gasteiger partial charge on any atom is -0.412 e. The van der Waals surface area contributed by atoms with Gasteiger partial charge in [0.05, 0.1) is 0 Å². The zero-order chi connectivity index (χ0) is 22.7. The lowest BCUT2D eigenvalue weighted by atomic mass is 9.84. The highest BCUT2D eigenvalue weighted by atomic mass is 19.1. The highest BCUT2D eigenvalue weighted by molar-refractivity contribution is 5.09. The van der Waals surface area contributed by atoms with Crippen molar-refractivity contribution in [1.82, 2.24) is 10.2 Å². The van der Waals surface area contributed by atoms with Crippen LogP contribution in [0.4, 0.5) is 4.39 Å². The molecule has 0 bridgehead atoms. The Labute approximate surface area is 209 Å². The van der Waals surface area contributed by atoms with Gasteiger partial charge in [-0.3, -0.25) is 0 Å². The van der Waals surface area contributed by atoms with E-state index in [1.54, 1.807) is 5.57 Å². The second kappa shape index (κ2) is 18.7. The number of likely N-dealkylation sites (tertiary alicyclic amines) is 1. The number of nitrogens with zero attached hydrogens (tertiary/aromatic N) is 1. The van der Waals surface area contributed by atoms with Gasteiger partial charge in [0, 0.05) is 39.4 Å². The van der Waals surface area contributed by atoms with Gasteiger partial charge in [-0.1, -0.05) is 58.6 Å². The van der Waals surface area contributed by atoms with Gasteiger partial charge in [-0.15, -0.1) is 0 Å². The quantitative estimate of drug-likeness (QED) is 0.517. The van der Waals surface area contributed by atoms with Crippen molar-refractivity contribution in [3.63, 3.8) is 0 Å². The van der Waals surface area contributed by atoms with Crippen LogP contribution in [0.25, 0.3) is 0 Å². The van der Waals surface area contributed by atoms with Gasteiger partial charge in [0.2, 0.25) is 0 Å². The summed E-state index contributed by atoms with van der Waals surface area (Å²) in [6, 6.07) is 0.586. The van der Waals surface area contributed by atoms with Crippen LogP contribution >= 0.6 is 0 Å². The first-order valence-electron chi connectivity index (χ1n) is 13.1. The van der Waals surface area contributed by atoms with Crippen molar-refractivity contribution in [2.45, 2.75) is 104 Å². The lowest BCUT2D eigenvalue weighted by Gasteiger charge is -2.40. The number of ether oxygens (including phenoxy) is 1. The molecule has 2 atom stereocenters. The first-order chi connectivity index (χ1) is 14.8. The zero-order valence-electron chi connectivity index (χ0n) is 22.7. The highest BCUT2D eigenvalue weighted by Crippen LogP contribution is 2.29. The Kier molecular flexibility index (Phi) is 19.5. The van der Waals surface area contributed by atoms with E-state index in [-0.39, 0.29) is 16.4 Å². The molecule has 0 aromatic heterocycles. The molecule has 0 spiro atoms. The summed E-state index contributed by atoms with van der Waals surface area (Å²) >= 11 is 0. The lowest BCUT2D eigenvalue weighted by Crippen LogP contribution is -2.49. The van der Waals surface area contributed by atoms with Crippen molar-refractivity contribution in [2.24, 2.45) is 17.3 Å². The fraction of sp³-hybridized carbons (Fsp3) is 0.926. The molecule has 34 heavy (non-hydrogen) atoms. The number of nitrogens with one attached hydrogen (secondary N) is 1. The summed E-state index contributed by atoms with van der Waals surface area (Å²) in [6.07, 6.45) is 13.5. The van der Waals surface area contributed by atoms with Gasteiger partial charge in [0.1, 0.15) is 6.17 Å². The van der Waals surface area contributed by atoms with E-state index >= 15 is 0 Å². The van der Waals surface area contributed by atoms with Crippen molar-refractivity contribution in [3.05, 3.63) is 11.6 Å². The van der Waals surface area contributed by atoms with Crippen LogP contribution < -0.4 is 5.32 Å². The molecule has 1 saturated heterocycles. The molecule has 7 N–H and O–H groups in total. The predicted molar refractivity (Wildman–Crippen MR) is 142 cm³/mol. The smallest absolute Gasteiger partial charge is 0.100 e. The van der Waals surface area contributed by atoms with E-state index in [2.05, 4.69) is 44.0 Å². The third-order valence-electron chi connectivity index (χ3n) is 7.33. The number of hydrogen-bond acceptors (Lipinski definition) is 3. The highest BCUT2D eigenvalue weighted by Gasteiger charge is 2.28. The number of rotatable bonds is 8. The molecule has 6 nitrogen and oxygen atoms in total. The van der Waals surface area contributed by atoms with E-state index < -0.39 is 6.17 Å². The Balaban J connectivity index is 0. The summed E-state index contributed by atoms with van der Waals surface area (Å²) in [4.78, 5) is 2.68. The average molecular weight is 493 g/mol. The van der Waals surface area contributed by atoms with E-state index in [0.29, 0.717) is 17.4 Å². The second-order valence-electron chi connectivity index (χ2n) is 11.4. The standard InChI is InChI=1S/C21H40N2O.C6H11F.3H2O/c1-17(2)20(14-23-11-7-10-21(3,4)16-23)22-13-18-8-6-9-19(12-18)15-24-5;7-6-4-2-1-3-5-6;;;/h8,17,19-20,22H,6-7,9-16H2,1-5H3;6H,1-5H2;3*1H2/t19?,20-;;;;/m0..../s1. The molecule has 0 radical (unpaired) electrons. The zero-order valence-corrected chi connectivity index (χ0v) is 22.7. The largest absolute Gasteiger partial charge is 0.412 e. The van der Waals surface area contributed by atoms with Gasteiger partial charge in [0.15, 0.2) is 0 Å². The van der Waals surface area contributed by atoms with Crippen LogP contribution in [-0.2, 0) is 4.74 Å². The Hall–Kier alpha value is -0.570. The van der Waals surface area contributed by atoms with E-state index in [9.17, 15) is 4.39 Å². The first-order valence-corrected chi connectivity index (χ1v) is 13.1. The van der Waals surface area contributed by atoms with Gasteiger partial charge in [-0.25, -0.2) is 4.39 Å². The molecule has 0 aromatic carbocycles. The number of hydrogen-bond donors (Lipinski definition) is 1. The van der Waals surface area contributed by atoms with Crippen LogP contribution in [0.2, 0.25) is 0 Å². The van der Waals surface area contributed by atoms with Gasteiger partial charge < -0.3 is 31.4 Å². The third-order valence-corrected chi connectivity index (χ3v) is 7.33. The fourth-order valence-corrected chi connectivity index (χ4v) is 5.41. The van der Waals surface area contributed by atoms with Crippen LogP contribution in [0.5, 0.6) is 0 Å². The van der Waals surface area contributed by atoms with Crippen molar-refractivity contribution in [3.8, 4) is 0 Å². The van der Waals surface area contributed by atoms with Crippen LogP contribution in [0.3, 0.4) is 0 Å². The van der Waals surface area contributed by atoms with Crippen LogP contribution in [0.1, 0.15) is 91.9 Å². The second-order valence-corrected chi connectivity index (χ2v) is 11.4. The Morgan fingerprint density at radius 1 is 1.09 bits per heavy atom. The molecule has 1 unspecified atom stereocenters. The van der Waals surface area contributed by atoms with Crippen LogP contribution in [0.15, 0.2) is 11.6 Å². The average Bonchev–Trinajstić information content (AvgIpc) is 2.72. The Bertz CT molecular complexity index is 525. The molecule has 1 heterocycles. The predicted octanol–water partition coefficient (Wildman–Crippen LogP) is 3.91. The molecule has 3 aliphatic rings. The SMILES string of the molecule is COCC1CCC=C(CN[C@@H](CN2CCCC(C)(C)C2)C(C)C)C1.FC1CCCCC1.O.O.O. The van der Waals surface area contributed by atoms with Crippen molar-refractivity contribution in [2.75, 3.05) is 39.9 Å². The normalized spacial score (nSPS) is 23.9. The van der Waals surface area contributed by atoms with Gasteiger partial charge in [-0.05, 0) is 68.7 Å². The fourth-order valence-electron chi connectivity index (χ4n) is 5.41. The summed E-state index contributed by atoms with van der Waals surface area (Å²) in [5, 5.41) is 3.88. The van der Waals surface area contributed by atoms with Gasteiger partial charge in [0.25, 0.3) is 0 Å². The molecule has 7 heteroatoms. The van der Waals surface area contributed by atoms with E-state index in [4.69, 9.17) is 4.74 Å². The molecule has 3 rings (SSSR count). The molecule has 206 valence electrons. The maximum absolute atomic E-state index is 12.2. The van der Waals surface area contributed by atoms with Crippen molar-refractivity contribution in [1.29, 1.82) is 0 Å². The summed E-state index contributed by atoms with van der Waals surface area (Å²) in [5.74, 6) is 1.39. The van der Waals surface area contributed by atoms with E-state index in [1.165, 1.54) is 58.2 Å². The van der Waals surface area contributed by atoms with Gasteiger partial charge >= 0.3 is 0 Å².